The molecule has 0 saturated carbocycles. The van der Waals surface area contributed by atoms with Crippen molar-refractivity contribution >= 4 is 22.6 Å². The number of aromatic nitrogens is 4. The van der Waals surface area contributed by atoms with E-state index in [2.05, 4.69) is 19.7 Å². The van der Waals surface area contributed by atoms with E-state index in [4.69, 9.17) is 15.2 Å². The highest BCUT2D eigenvalue weighted by molar-refractivity contribution is 5.95. The smallest absolute Gasteiger partial charge is 0.421 e. The summed E-state index contributed by atoms with van der Waals surface area (Å²) < 4.78 is 93.9. The van der Waals surface area contributed by atoms with E-state index in [-0.39, 0.29) is 28.1 Å². The lowest BCUT2D eigenvalue weighted by Crippen LogP contribution is -2.11. The van der Waals surface area contributed by atoms with Crippen LogP contribution in [-0.2, 0) is 24.1 Å². The summed E-state index contributed by atoms with van der Waals surface area (Å²) in [6, 6.07) is 12.3. The molecule has 234 valence electrons. The average Bonchev–Trinajstić information content (AvgIpc) is 2.99. The molecule has 45 heavy (non-hydrogen) atoms. The summed E-state index contributed by atoms with van der Waals surface area (Å²) in [4.78, 5) is 34.2. The van der Waals surface area contributed by atoms with Crippen LogP contribution in [0.2, 0.25) is 0 Å². The maximum absolute atomic E-state index is 12.9. The number of pyridine rings is 2. The molecule has 0 atom stereocenters. The van der Waals surface area contributed by atoms with Crippen LogP contribution in [-0.4, -0.2) is 32.6 Å². The SMILES string of the molecule is COC(=O)c1cc(Oc2ncccc2C(F)(F)F)ccc1N.Cn1cnc(=O)c2cc(Oc3ncccc3C(F)(F)F)ccc21. The molecule has 0 unspecified atom stereocenters. The van der Waals surface area contributed by atoms with Gasteiger partial charge in [0.1, 0.15) is 22.6 Å². The van der Waals surface area contributed by atoms with Gasteiger partial charge in [0, 0.05) is 25.1 Å². The summed E-state index contributed by atoms with van der Waals surface area (Å²) in [5.74, 6) is -1.85. The van der Waals surface area contributed by atoms with Crippen LogP contribution in [0.5, 0.6) is 23.3 Å². The molecule has 5 aromatic rings. The van der Waals surface area contributed by atoms with Gasteiger partial charge in [0.05, 0.1) is 29.9 Å². The molecule has 3 aromatic heterocycles. The Bertz CT molecular complexity index is 1910. The van der Waals surface area contributed by atoms with Crippen LogP contribution >= 0.6 is 0 Å². The highest BCUT2D eigenvalue weighted by Gasteiger charge is 2.36. The molecule has 0 aliphatic rings. The third kappa shape index (κ3) is 7.65. The van der Waals surface area contributed by atoms with Gasteiger partial charge in [-0.3, -0.25) is 4.79 Å². The molecule has 0 bridgehead atoms. The Hall–Kier alpha value is -5.67. The number of aryl methyl sites for hydroxylation is 1. The first-order chi connectivity index (χ1) is 21.2. The Labute approximate surface area is 249 Å². The summed E-state index contributed by atoms with van der Waals surface area (Å²) >= 11 is 0. The number of hydrogen-bond donors (Lipinski definition) is 1. The maximum atomic E-state index is 12.9. The fraction of sp³-hybridized carbons (Fsp3) is 0.138. The Kier molecular flexibility index (Phi) is 9.25. The van der Waals surface area contributed by atoms with Gasteiger partial charge in [0.2, 0.25) is 11.8 Å². The van der Waals surface area contributed by atoms with E-state index in [9.17, 15) is 35.9 Å². The standard InChI is InChI=1S/C15H10F3N3O2.C14H11F3N2O3/c1-21-8-20-13(22)10-7-9(4-5-12(10)21)23-14-11(15(16,17)18)3-2-6-19-14;1-21-13(20)9-7-8(4-5-11(9)18)22-12-10(14(15,16)17)3-2-6-19-12/h2-8H,1H3;2-7H,18H2,1H3. The van der Waals surface area contributed by atoms with Gasteiger partial charge < -0.3 is 24.5 Å². The second-order valence-corrected chi connectivity index (χ2v) is 8.99. The van der Waals surface area contributed by atoms with Gasteiger partial charge in [0.15, 0.2) is 0 Å². The Morgan fingerprint density at radius 2 is 1.33 bits per heavy atom. The van der Waals surface area contributed by atoms with Gasteiger partial charge in [0.25, 0.3) is 5.56 Å². The summed E-state index contributed by atoms with van der Waals surface area (Å²) in [6.07, 6.45) is -5.46. The number of methoxy groups -OCH3 is 1. The molecule has 0 aliphatic heterocycles. The normalized spacial score (nSPS) is 11.4. The minimum atomic E-state index is -4.61. The van der Waals surface area contributed by atoms with Crippen LogP contribution < -0.4 is 20.8 Å². The number of nitrogen functional groups attached to an aromatic ring is 1. The number of carbonyl (C=O) groups is 1. The predicted molar refractivity (Wildman–Crippen MR) is 148 cm³/mol. The largest absolute Gasteiger partial charge is 0.465 e. The zero-order valence-electron chi connectivity index (χ0n) is 23.2. The van der Waals surface area contributed by atoms with Gasteiger partial charge in [-0.05, 0) is 60.7 Å². The number of anilines is 1. The first-order valence-electron chi connectivity index (χ1n) is 12.5. The zero-order valence-corrected chi connectivity index (χ0v) is 23.2. The number of benzene rings is 2. The number of halogens is 6. The van der Waals surface area contributed by atoms with Gasteiger partial charge in [-0.2, -0.15) is 31.3 Å². The third-order valence-corrected chi connectivity index (χ3v) is 5.94. The summed E-state index contributed by atoms with van der Waals surface area (Å²) in [7, 11) is 2.87. The lowest BCUT2D eigenvalue weighted by Gasteiger charge is -2.13. The van der Waals surface area contributed by atoms with Crippen LogP contribution in [0, 0.1) is 0 Å². The van der Waals surface area contributed by atoms with Crippen LogP contribution in [0.3, 0.4) is 0 Å². The quantitative estimate of drug-likeness (QED) is 0.133. The molecule has 0 aliphatic carbocycles. The molecule has 5 rings (SSSR count). The number of rotatable bonds is 5. The van der Waals surface area contributed by atoms with Crippen molar-refractivity contribution in [3.05, 3.63) is 106 Å². The number of esters is 1. The third-order valence-electron chi connectivity index (χ3n) is 5.94. The van der Waals surface area contributed by atoms with Crippen LogP contribution in [0.4, 0.5) is 32.0 Å². The summed E-state index contributed by atoms with van der Waals surface area (Å²) in [6.45, 7) is 0. The zero-order chi connectivity index (χ0) is 32.9. The fourth-order valence-corrected chi connectivity index (χ4v) is 3.81. The molecule has 10 nitrogen and oxygen atoms in total. The van der Waals surface area contributed by atoms with Crippen LogP contribution in [0.25, 0.3) is 10.9 Å². The predicted octanol–water partition coefficient (Wildman–Crippen LogP) is 6.40. The molecule has 0 saturated heterocycles. The van der Waals surface area contributed by atoms with E-state index in [0.717, 1.165) is 25.3 Å². The van der Waals surface area contributed by atoms with Crippen LogP contribution in [0.1, 0.15) is 21.5 Å². The van der Waals surface area contributed by atoms with E-state index < -0.39 is 46.8 Å². The molecule has 0 fully saturated rings. The first kappa shape index (κ1) is 32.2. The van der Waals surface area contributed by atoms with Gasteiger partial charge in [-0.1, -0.05) is 0 Å². The molecular formula is C29H21F6N5O5. The fourth-order valence-electron chi connectivity index (χ4n) is 3.81. The minimum Gasteiger partial charge on any atom is -0.465 e. The van der Waals surface area contributed by atoms with E-state index in [0.29, 0.717) is 5.52 Å². The molecule has 2 N–H and O–H groups in total. The summed E-state index contributed by atoms with van der Waals surface area (Å²) in [5, 5.41) is 0.247. The van der Waals surface area contributed by atoms with E-state index in [1.54, 1.807) is 17.7 Å². The Morgan fingerprint density at radius 1 is 0.800 bits per heavy atom. The molecule has 0 radical (unpaired) electrons. The highest BCUT2D eigenvalue weighted by atomic mass is 19.4. The molecule has 2 aromatic carbocycles. The van der Waals surface area contributed by atoms with Crippen molar-refractivity contribution in [1.29, 1.82) is 0 Å². The van der Waals surface area contributed by atoms with E-state index in [1.165, 1.54) is 55.1 Å². The Balaban J connectivity index is 0.000000205. The van der Waals surface area contributed by atoms with Crippen molar-refractivity contribution in [2.75, 3.05) is 12.8 Å². The van der Waals surface area contributed by atoms with Crippen molar-refractivity contribution in [1.82, 2.24) is 19.5 Å². The number of fused-ring (bicyclic) bond motifs is 1. The number of nitrogens with two attached hydrogens (primary N) is 1. The van der Waals surface area contributed by atoms with Crippen molar-refractivity contribution in [2.24, 2.45) is 7.05 Å². The summed E-state index contributed by atoms with van der Waals surface area (Å²) in [5.41, 5.74) is 3.82. The molecule has 16 heteroatoms. The molecule has 3 heterocycles. The topological polar surface area (TPSA) is 131 Å². The van der Waals surface area contributed by atoms with Crippen molar-refractivity contribution in [3.63, 3.8) is 0 Å². The van der Waals surface area contributed by atoms with E-state index >= 15 is 0 Å². The number of hydrogen-bond acceptors (Lipinski definition) is 9. The van der Waals surface area contributed by atoms with Gasteiger partial charge in [-0.15, -0.1) is 0 Å². The molecule has 0 amide bonds. The lowest BCUT2D eigenvalue weighted by molar-refractivity contribution is -0.139. The monoisotopic (exact) mass is 633 g/mol. The first-order valence-corrected chi connectivity index (χ1v) is 12.5. The van der Waals surface area contributed by atoms with Gasteiger partial charge >= 0.3 is 18.3 Å². The minimum absolute atomic E-state index is 0.00973. The maximum Gasteiger partial charge on any atom is 0.421 e. The van der Waals surface area contributed by atoms with Crippen molar-refractivity contribution in [3.8, 4) is 23.3 Å². The number of alkyl halides is 6. The van der Waals surface area contributed by atoms with Crippen molar-refractivity contribution in [2.45, 2.75) is 12.4 Å². The number of ether oxygens (including phenoxy) is 3. The van der Waals surface area contributed by atoms with E-state index in [1.807, 2.05) is 0 Å². The van der Waals surface area contributed by atoms with Crippen LogP contribution in [0.15, 0.2) is 84.2 Å². The van der Waals surface area contributed by atoms with Crippen molar-refractivity contribution < 1.29 is 45.3 Å². The number of nitrogens with zero attached hydrogens (tertiary/aromatic N) is 4. The highest BCUT2D eigenvalue weighted by Crippen LogP contribution is 2.38. The average molecular weight is 634 g/mol. The lowest BCUT2D eigenvalue weighted by atomic mass is 10.1. The van der Waals surface area contributed by atoms with Gasteiger partial charge in [-0.25, -0.2) is 14.8 Å². The Morgan fingerprint density at radius 3 is 1.87 bits per heavy atom. The number of carbonyl (C=O) groups excluding carboxylic acids is 1. The second-order valence-electron chi connectivity index (χ2n) is 8.99. The second kappa shape index (κ2) is 12.9. The molecule has 0 spiro atoms. The molecular weight excluding hydrogens is 612 g/mol.